The number of thiazole rings is 1. The minimum atomic E-state index is -0.261. The molecule has 0 saturated heterocycles. The summed E-state index contributed by atoms with van der Waals surface area (Å²) < 4.78 is 15.1. The van der Waals surface area contributed by atoms with Gasteiger partial charge in [-0.25, -0.2) is 9.37 Å². The van der Waals surface area contributed by atoms with Gasteiger partial charge in [0.2, 0.25) is 0 Å². The third kappa shape index (κ3) is 2.48. The summed E-state index contributed by atoms with van der Waals surface area (Å²) in [5.41, 5.74) is 2.79. The zero-order chi connectivity index (χ0) is 13.4. The SMILES string of the molecule is Cc1c(Br)cccc1Nc1nc2cc(F)ccc2s1. The van der Waals surface area contributed by atoms with E-state index in [0.29, 0.717) is 5.52 Å². The van der Waals surface area contributed by atoms with E-state index in [4.69, 9.17) is 0 Å². The molecule has 0 spiro atoms. The number of aromatic nitrogens is 1. The molecule has 0 aliphatic heterocycles. The number of nitrogens with zero attached hydrogens (tertiary/aromatic N) is 1. The van der Waals surface area contributed by atoms with Gasteiger partial charge in [-0.2, -0.15) is 0 Å². The third-order valence-electron chi connectivity index (χ3n) is 2.86. The van der Waals surface area contributed by atoms with Gasteiger partial charge in [0, 0.05) is 16.2 Å². The second-order valence-electron chi connectivity index (χ2n) is 4.17. The van der Waals surface area contributed by atoms with E-state index in [-0.39, 0.29) is 5.82 Å². The lowest BCUT2D eigenvalue weighted by molar-refractivity contribution is 0.629. The lowest BCUT2D eigenvalue weighted by atomic mass is 10.2. The number of fused-ring (bicyclic) bond motifs is 1. The third-order valence-corrected chi connectivity index (χ3v) is 4.67. The Balaban J connectivity index is 1.99. The fraction of sp³-hybridized carbons (Fsp3) is 0.0714. The molecule has 0 amide bonds. The van der Waals surface area contributed by atoms with Gasteiger partial charge in [-0.3, -0.25) is 0 Å². The van der Waals surface area contributed by atoms with E-state index in [1.165, 1.54) is 23.5 Å². The Morgan fingerprint density at radius 3 is 2.95 bits per heavy atom. The number of anilines is 2. The molecule has 0 saturated carbocycles. The molecule has 0 atom stereocenters. The van der Waals surface area contributed by atoms with Gasteiger partial charge < -0.3 is 5.32 Å². The first-order valence-corrected chi connectivity index (χ1v) is 7.32. The van der Waals surface area contributed by atoms with Gasteiger partial charge in [0.25, 0.3) is 0 Å². The normalized spacial score (nSPS) is 10.9. The summed E-state index contributed by atoms with van der Waals surface area (Å²) >= 11 is 5.01. The lowest BCUT2D eigenvalue weighted by Gasteiger charge is -2.07. The van der Waals surface area contributed by atoms with Crippen LogP contribution in [0.25, 0.3) is 10.2 Å². The summed E-state index contributed by atoms with van der Waals surface area (Å²) in [6, 6.07) is 10.6. The molecular formula is C14H10BrFN2S. The van der Waals surface area contributed by atoms with Crippen molar-refractivity contribution >= 4 is 48.3 Å². The summed E-state index contributed by atoms with van der Waals surface area (Å²) in [4.78, 5) is 4.39. The molecule has 0 fully saturated rings. The molecule has 3 aromatic rings. The summed E-state index contributed by atoms with van der Waals surface area (Å²) in [5, 5.41) is 4.04. The average Bonchev–Trinajstić information content (AvgIpc) is 2.76. The van der Waals surface area contributed by atoms with Crippen LogP contribution in [0.2, 0.25) is 0 Å². The maximum absolute atomic E-state index is 13.1. The predicted molar refractivity (Wildman–Crippen MR) is 81.7 cm³/mol. The van der Waals surface area contributed by atoms with Crippen LogP contribution >= 0.6 is 27.3 Å². The highest BCUT2D eigenvalue weighted by Crippen LogP contribution is 2.31. The Morgan fingerprint density at radius 1 is 1.26 bits per heavy atom. The van der Waals surface area contributed by atoms with E-state index in [1.54, 1.807) is 6.07 Å². The Kier molecular flexibility index (Phi) is 3.24. The van der Waals surface area contributed by atoms with Crippen LogP contribution < -0.4 is 5.32 Å². The predicted octanol–water partition coefficient (Wildman–Crippen LogP) is 5.25. The second kappa shape index (κ2) is 4.90. The van der Waals surface area contributed by atoms with Crippen LogP contribution in [0.4, 0.5) is 15.2 Å². The lowest BCUT2D eigenvalue weighted by Crippen LogP contribution is -1.92. The smallest absolute Gasteiger partial charge is 0.188 e. The molecule has 5 heteroatoms. The van der Waals surface area contributed by atoms with Crippen LogP contribution in [0.15, 0.2) is 40.9 Å². The number of rotatable bonds is 2. The van der Waals surface area contributed by atoms with Crippen LogP contribution in [0, 0.1) is 12.7 Å². The number of hydrogen-bond acceptors (Lipinski definition) is 3. The number of nitrogens with one attached hydrogen (secondary N) is 1. The molecule has 0 aliphatic carbocycles. The number of hydrogen-bond donors (Lipinski definition) is 1. The average molecular weight is 337 g/mol. The molecule has 0 radical (unpaired) electrons. The highest BCUT2D eigenvalue weighted by atomic mass is 79.9. The standard InChI is InChI=1S/C14H10BrFN2S/c1-8-10(15)3-2-4-11(8)17-14-18-12-7-9(16)5-6-13(12)19-14/h2-7H,1H3,(H,17,18). The first kappa shape index (κ1) is 12.6. The summed E-state index contributed by atoms with van der Waals surface area (Å²) in [5.74, 6) is -0.261. The van der Waals surface area contributed by atoms with Crippen LogP contribution in [-0.2, 0) is 0 Å². The van der Waals surface area contributed by atoms with Crippen molar-refractivity contribution in [2.24, 2.45) is 0 Å². The maximum Gasteiger partial charge on any atom is 0.188 e. The van der Waals surface area contributed by atoms with E-state index >= 15 is 0 Å². The molecule has 1 aromatic heterocycles. The van der Waals surface area contributed by atoms with Gasteiger partial charge in [-0.15, -0.1) is 0 Å². The van der Waals surface area contributed by atoms with E-state index in [0.717, 1.165) is 25.6 Å². The molecule has 1 N–H and O–H groups in total. The van der Waals surface area contributed by atoms with Gasteiger partial charge in [0.05, 0.1) is 10.2 Å². The molecule has 0 unspecified atom stereocenters. The minimum absolute atomic E-state index is 0.261. The van der Waals surface area contributed by atoms with Gasteiger partial charge in [0.15, 0.2) is 5.13 Å². The monoisotopic (exact) mass is 336 g/mol. The Morgan fingerprint density at radius 2 is 2.11 bits per heavy atom. The van der Waals surface area contributed by atoms with Crippen molar-refractivity contribution in [1.82, 2.24) is 4.98 Å². The van der Waals surface area contributed by atoms with Crippen molar-refractivity contribution in [2.45, 2.75) is 6.92 Å². The van der Waals surface area contributed by atoms with Crippen LogP contribution in [0.5, 0.6) is 0 Å². The Hall–Kier alpha value is -1.46. The molecule has 2 nitrogen and oxygen atoms in total. The Labute approximate surface area is 122 Å². The number of benzene rings is 2. The van der Waals surface area contributed by atoms with E-state index in [1.807, 2.05) is 25.1 Å². The summed E-state index contributed by atoms with van der Waals surface area (Å²) in [6.07, 6.45) is 0. The summed E-state index contributed by atoms with van der Waals surface area (Å²) in [7, 11) is 0. The van der Waals surface area contributed by atoms with Crippen molar-refractivity contribution in [2.75, 3.05) is 5.32 Å². The van der Waals surface area contributed by atoms with Crippen LogP contribution in [0.3, 0.4) is 0 Å². The molecule has 19 heavy (non-hydrogen) atoms. The zero-order valence-electron chi connectivity index (χ0n) is 10.1. The quantitative estimate of drug-likeness (QED) is 0.691. The Bertz CT molecular complexity index is 754. The van der Waals surface area contributed by atoms with Crippen molar-refractivity contribution in [3.05, 3.63) is 52.3 Å². The highest BCUT2D eigenvalue weighted by Gasteiger charge is 2.07. The minimum Gasteiger partial charge on any atom is -0.331 e. The van der Waals surface area contributed by atoms with Crippen molar-refractivity contribution < 1.29 is 4.39 Å². The van der Waals surface area contributed by atoms with Crippen LogP contribution in [-0.4, -0.2) is 4.98 Å². The first-order chi connectivity index (χ1) is 9.13. The molecule has 2 aromatic carbocycles. The second-order valence-corrected chi connectivity index (χ2v) is 6.05. The van der Waals surface area contributed by atoms with Crippen molar-refractivity contribution in [3.63, 3.8) is 0 Å². The van der Waals surface area contributed by atoms with Gasteiger partial charge in [0.1, 0.15) is 5.82 Å². The maximum atomic E-state index is 13.1. The van der Waals surface area contributed by atoms with Crippen LogP contribution in [0.1, 0.15) is 5.56 Å². The van der Waals surface area contributed by atoms with Crippen molar-refractivity contribution in [3.8, 4) is 0 Å². The fourth-order valence-corrected chi connectivity index (χ4v) is 3.04. The fourth-order valence-electron chi connectivity index (χ4n) is 1.81. The molecule has 3 rings (SSSR count). The topological polar surface area (TPSA) is 24.9 Å². The molecular weight excluding hydrogens is 327 g/mol. The van der Waals surface area contributed by atoms with Gasteiger partial charge >= 0.3 is 0 Å². The van der Waals surface area contributed by atoms with E-state index < -0.39 is 0 Å². The molecule has 1 heterocycles. The van der Waals surface area contributed by atoms with Gasteiger partial charge in [-0.1, -0.05) is 33.3 Å². The largest absolute Gasteiger partial charge is 0.331 e. The van der Waals surface area contributed by atoms with E-state index in [9.17, 15) is 4.39 Å². The highest BCUT2D eigenvalue weighted by molar-refractivity contribution is 9.10. The zero-order valence-corrected chi connectivity index (χ0v) is 12.5. The number of halogens is 2. The summed E-state index contributed by atoms with van der Waals surface area (Å²) in [6.45, 7) is 2.03. The van der Waals surface area contributed by atoms with E-state index in [2.05, 4.69) is 26.2 Å². The first-order valence-electron chi connectivity index (χ1n) is 5.72. The molecule has 0 aliphatic rings. The van der Waals surface area contributed by atoms with Gasteiger partial charge in [-0.05, 0) is 36.8 Å². The van der Waals surface area contributed by atoms with Crippen molar-refractivity contribution in [1.29, 1.82) is 0 Å². The molecule has 96 valence electrons. The molecule has 0 bridgehead atoms.